The lowest BCUT2D eigenvalue weighted by Crippen LogP contribution is -2.20. The molecule has 1 unspecified atom stereocenters. The number of hydrogen-bond acceptors (Lipinski definition) is 0. The van der Waals surface area contributed by atoms with E-state index in [0.29, 0.717) is 0 Å². The fourth-order valence-electron chi connectivity index (χ4n) is 13.1. The Bertz CT molecular complexity index is 3830. The van der Waals surface area contributed by atoms with Gasteiger partial charge in [-0.2, -0.15) is 0 Å². The molecule has 1 atom stereocenters. The molecule has 4 aliphatic carbocycles. The first-order valence-electron chi connectivity index (χ1n) is 25.8. The van der Waals surface area contributed by atoms with E-state index in [4.69, 9.17) is 0 Å². The Kier molecular flexibility index (Phi) is 10.0. The van der Waals surface area contributed by atoms with E-state index >= 15 is 0 Å². The van der Waals surface area contributed by atoms with Gasteiger partial charge < -0.3 is 9.13 Å². The van der Waals surface area contributed by atoms with Crippen LogP contribution in [0.15, 0.2) is 237 Å². The van der Waals surface area contributed by atoms with Gasteiger partial charge in [-0.25, -0.2) is 0 Å². The highest BCUT2D eigenvalue weighted by molar-refractivity contribution is 6.22. The van der Waals surface area contributed by atoms with Crippen molar-refractivity contribution >= 4 is 27.1 Å². The summed E-state index contributed by atoms with van der Waals surface area (Å²) in [5.41, 5.74) is 22.0. The molecule has 10 aromatic rings. The van der Waals surface area contributed by atoms with Crippen molar-refractivity contribution in [3.8, 4) is 67.3 Å². The Hall–Kier alpha value is -8.20. The molecule has 71 heavy (non-hydrogen) atoms. The van der Waals surface area contributed by atoms with E-state index in [1.165, 1.54) is 143 Å². The summed E-state index contributed by atoms with van der Waals surface area (Å²) in [5, 5.41) is 5.04. The molecule has 340 valence electrons. The molecule has 2 nitrogen and oxygen atoms in total. The average molecular weight is 911 g/mol. The largest absolute Gasteiger partial charge is 0.313 e. The van der Waals surface area contributed by atoms with Crippen molar-refractivity contribution in [1.29, 1.82) is 0 Å². The van der Waals surface area contributed by atoms with Gasteiger partial charge in [0.1, 0.15) is 0 Å². The van der Waals surface area contributed by atoms with Crippen molar-refractivity contribution in [2.45, 2.75) is 56.3 Å². The fraction of sp³-hybridized carbons (Fsp3) is 0.130. The lowest BCUT2D eigenvalue weighted by molar-refractivity contribution is 0.550. The summed E-state index contributed by atoms with van der Waals surface area (Å²) in [6, 6.07) is 73.8. The van der Waals surface area contributed by atoms with Gasteiger partial charge in [0.15, 0.2) is 0 Å². The van der Waals surface area contributed by atoms with Crippen LogP contribution in [0.4, 0.5) is 0 Å². The van der Waals surface area contributed by atoms with Gasteiger partial charge in [-0.15, -0.1) is 0 Å². The van der Waals surface area contributed by atoms with E-state index in [-0.39, 0.29) is 11.3 Å². The lowest BCUT2D eigenvalue weighted by atomic mass is 9.76. The SMILES string of the molecule is C1=CCCC(c2ccc(-c3ccccc3)n2-c2ccc3c(-c4ccccc4)c4cc(-n5c(-c6ccccc6)ccc5C5C=CC=CC5)ccc4c(-c4ccc5c(c4)C4(CCCC4)c4ccccc4-5)c3c2)=C1. The highest BCUT2D eigenvalue weighted by atomic mass is 15.0. The summed E-state index contributed by atoms with van der Waals surface area (Å²) >= 11 is 0. The minimum absolute atomic E-state index is 0.0457. The molecule has 0 bridgehead atoms. The maximum absolute atomic E-state index is 2.62. The van der Waals surface area contributed by atoms with E-state index < -0.39 is 0 Å². The number of aromatic nitrogens is 2. The van der Waals surface area contributed by atoms with Gasteiger partial charge >= 0.3 is 0 Å². The predicted octanol–water partition coefficient (Wildman–Crippen LogP) is 18.4. The van der Waals surface area contributed by atoms with Crippen molar-refractivity contribution in [2.24, 2.45) is 0 Å². The lowest BCUT2D eigenvalue weighted by Gasteiger charge is -2.27. The summed E-state index contributed by atoms with van der Waals surface area (Å²) in [6.07, 6.45) is 23.8. The number of hydrogen-bond donors (Lipinski definition) is 0. The van der Waals surface area contributed by atoms with E-state index in [9.17, 15) is 0 Å². The molecule has 8 aromatic carbocycles. The van der Waals surface area contributed by atoms with Gasteiger partial charge in [-0.3, -0.25) is 0 Å². The molecular weight excluding hydrogens is 857 g/mol. The van der Waals surface area contributed by atoms with Gasteiger partial charge in [0.05, 0.1) is 11.4 Å². The van der Waals surface area contributed by atoms with Gasteiger partial charge in [0.2, 0.25) is 0 Å². The van der Waals surface area contributed by atoms with Crippen LogP contribution in [0, 0.1) is 0 Å². The summed E-state index contributed by atoms with van der Waals surface area (Å²) in [4.78, 5) is 0. The number of rotatable bonds is 8. The van der Waals surface area contributed by atoms with Gasteiger partial charge in [0, 0.05) is 34.1 Å². The summed E-state index contributed by atoms with van der Waals surface area (Å²) < 4.78 is 5.06. The standard InChI is InChI=1S/C69H54N2/c1-6-20-47(21-7-1)63-38-39-64(48-22-8-2-9-23-48)70(63)53-34-37-58-59(45-53)67(51-28-14-5-15-29-51)57-36-33-54(71-65(49-24-10-3-11-25-49)40-41-66(71)50-26-12-4-13-27-50)46-60(57)68(58)52-32-35-56-55-30-16-17-31-61(55)69(62(56)44-52)42-18-19-43-69/h1-12,14-17,20-22,24-26,28-41,44-46,48H,13,18-19,23,27,42-43H2. The van der Waals surface area contributed by atoms with E-state index in [0.717, 1.165) is 19.3 Å². The van der Waals surface area contributed by atoms with Crippen LogP contribution >= 0.6 is 0 Å². The third kappa shape index (κ3) is 6.76. The molecule has 2 heteroatoms. The second-order valence-electron chi connectivity index (χ2n) is 20.1. The molecule has 0 aliphatic heterocycles. The molecule has 0 amide bonds. The quantitative estimate of drug-likeness (QED) is 0.134. The van der Waals surface area contributed by atoms with Gasteiger partial charge in [0.25, 0.3) is 0 Å². The molecular formula is C69H54N2. The number of fused-ring (bicyclic) bond motifs is 7. The van der Waals surface area contributed by atoms with Crippen molar-refractivity contribution < 1.29 is 0 Å². The van der Waals surface area contributed by atoms with Crippen molar-refractivity contribution in [2.75, 3.05) is 0 Å². The highest BCUT2D eigenvalue weighted by Crippen LogP contribution is 2.58. The van der Waals surface area contributed by atoms with Crippen LogP contribution in [0.25, 0.3) is 94.4 Å². The number of allylic oxidation sites excluding steroid dienone is 8. The number of nitrogens with zero attached hydrogens (tertiary/aromatic N) is 2. The highest BCUT2D eigenvalue weighted by Gasteiger charge is 2.45. The first-order valence-corrected chi connectivity index (χ1v) is 25.8. The first kappa shape index (κ1) is 41.7. The molecule has 0 saturated heterocycles. The normalized spacial score (nSPS) is 16.5. The fourth-order valence-corrected chi connectivity index (χ4v) is 13.1. The van der Waals surface area contributed by atoms with Crippen LogP contribution in [0.2, 0.25) is 0 Å². The zero-order valence-corrected chi connectivity index (χ0v) is 39.9. The third-order valence-electron chi connectivity index (χ3n) is 16.3. The Morgan fingerprint density at radius 1 is 0.423 bits per heavy atom. The van der Waals surface area contributed by atoms with Gasteiger partial charge in [-0.05, 0) is 169 Å². The van der Waals surface area contributed by atoms with Crippen molar-refractivity contribution in [1.82, 2.24) is 9.13 Å². The summed E-state index contributed by atoms with van der Waals surface area (Å²) in [7, 11) is 0. The molecule has 1 saturated carbocycles. The van der Waals surface area contributed by atoms with E-state index in [1.54, 1.807) is 0 Å². The van der Waals surface area contributed by atoms with Crippen molar-refractivity contribution in [3.05, 3.63) is 259 Å². The van der Waals surface area contributed by atoms with E-state index in [1.807, 2.05) is 0 Å². The third-order valence-corrected chi connectivity index (χ3v) is 16.3. The molecule has 4 aliphatic rings. The minimum Gasteiger partial charge on any atom is -0.313 e. The molecule has 0 N–H and O–H groups in total. The van der Waals surface area contributed by atoms with Crippen LogP contribution in [-0.4, -0.2) is 9.13 Å². The molecule has 1 spiro atoms. The topological polar surface area (TPSA) is 9.86 Å². The average Bonchev–Trinajstić information content (AvgIpc) is 4.28. The second-order valence-corrected chi connectivity index (χ2v) is 20.1. The second kappa shape index (κ2) is 17.0. The Morgan fingerprint density at radius 2 is 1.03 bits per heavy atom. The smallest absolute Gasteiger partial charge is 0.0534 e. The molecule has 0 radical (unpaired) electrons. The van der Waals surface area contributed by atoms with Crippen LogP contribution in [-0.2, 0) is 5.41 Å². The molecule has 1 fully saturated rings. The first-order chi connectivity index (χ1) is 35.2. The maximum Gasteiger partial charge on any atom is 0.0534 e. The Balaban J connectivity index is 1.08. The monoisotopic (exact) mass is 910 g/mol. The molecule has 2 heterocycles. The van der Waals surface area contributed by atoms with Crippen LogP contribution in [0.3, 0.4) is 0 Å². The Labute approximate surface area is 416 Å². The molecule has 14 rings (SSSR count). The maximum atomic E-state index is 2.62. The van der Waals surface area contributed by atoms with Crippen molar-refractivity contribution in [3.63, 3.8) is 0 Å². The zero-order valence-electron chi connectivity index (χ0n) is 39.9. The Morgan fingerprint density at radius 3 is 1.70 bits per heavy atom. The minimum atomic E-state index is 0.0457. The van der Waals surface area contributed by atoms with Crippen LogP contribution in [0.1, 0.15) is 73.4 Å². The van der Waals surface area contributed by atoms with E-state index in [2.05, 4.69) is 246 Å². The molecule has 2 aromatic heterocycles. The van der Waals surface area contributed by atoms with Gasteiger partial charge in [-0.1, -0.05) is 195 Å². The van der Waals surface area contributed by atoms with Crippen LogP contribution in [0.5, 0.6) is 0 Å². The van der Waals surface area contributed by atoms with Crippen LogP contribution < -0.4 is 0 Å². The summed E-state index contributed by atoms with van der Waals surface area (Å²) in [5.74, 6) is 0.269. The predicted molar refractivity (Wildman–Crippen MR) is 299 cm³/mol. The zero-order chi connectivity index (χ0) is 46.9. The number of benzene rings is 8. The summed E-state index contributed by atoms with van der Waals surface area (Å²) in [6.45, 7) is 0.